The monoisotopic (exact) mass is 433 g/mol. The molecule has 0 saturated heterocycles. The van der Waals surface area contributed by atoms with Gasteiger partial charge in [-0.3, -0.25) is 4.74 Å². The van der Waals surface area contributed by atoms with Crippen molar-refractivity contribution in [3.63, 3.8) is 0 Å². The van der Waals surface area contributed by atoms with Gasteiger partial charge < -0.3 is 0 Å². The largest absolute Gasteiger partial charge is 0.271 e. The van der Waals surface area contributed by atoms with E-state index in [-0.39, 0.29) is 21.7 Å². The number of allylic oxidation sites excluding steroid dienone is 6. The summed E-state index contributed by atoms with van der Waals surface area (Å²) in [6.45, 7) is 5.42. The van der Waals surface area contributed by atoms with E-state index in [0.29, 0.717) is 0 Å². The first-order valence-corrected chi connectivity index (χ1v) is 13.5. The van der Waals surface area contributed by atoms with Crippen LogP contribution in [-0.2, 0) is 21.7 Å². The molecule has 0 atom stereocenters. The van der Waals surface area contributed by atoms with Crippen LogP contribution in [0.2, 0.25) is 0 Å². The second-order valence-electron chi connectivity index (χ2n) is 8.76. The van der Waals surface area contributed by atoms with Gasteiger partial charge in [0.1, 0.15) is 0 Å². The Morgan fingerprint density at radius 3 is 1.64 bits per heavy atom. The molecule has 0 heterocycles. The maximum atomic E-state index is 5.76. The predicted molar refractivity (Wildman–Crippen MR) is 123 cm³/mol. The zero-order valence-electron chi connectivity index (χ0n) is 18.0. The van der Waals surface area contributed by atoms with Crippen molar-refractivity contribution in [2.75, 3.05) is 0 Å². The normalized spacial score (nSPS) is 23.5. The molecule has 4 rings (SSSR count). The van der Waals surface area contributed by atoms with Gasteiger partial charge in [-0.15, -0.1) is 0 Å². The zero-order valence-corrected chi connectivity index (χ0v) is 20.4. The van der Waals surface area contributed by atoms with Crippen molar-refractivity contribution >= 4 is 7.05 Å². The van der Waals surface area contributed by atoms with Crippen LogP contribution >= 0.6 is 7.05 Å². The minimum atomic E-state index is -1.17. The van der Waals surface area contributed by atoms with Crippen molar-refractivity contribution in [3.8, 4) is 0 Å². The summed E-state index contributed by atoms with van der Waals surface area (Å²) in [7, 11) is -1.17. The molecule has 3 saturated carbocycles. The summed E-state index contributed by atoms with van der Waals surface area (Å²) in [5.41, 5.74) is 4.44. The SMILES string of the molecule is C1=CCC(N=P(C2CCCC2)(C2CCCC2)C2CCCC2)=C1.C=CC=CC.[Ti]. The van der Waals surface area contributed by atoms with Gasteiger partial charge in [-0.25, -0.2) is 0 Å². The van der Waals surface area contributed by atoms with Crippen molar-refractivity contribution in [1.29, 1.82) is 0 Å². The van der Waals surface area contributed by atoms with Gasteiger partial charge in [0.2, 0.25) is 0 Å². The average molecular weight is 433 g/mol. The van der Waals surface area contributed by atoms with Gasteiger partial charge in [0, 0.05) is 33.8 Å². The molecule has 28 heavy (non-hydrogen) atoms. The van der Waals surface area contributed by atoms with Crippen LogP contribution in [0, 0.1) is 0 Å². The van der Waals surface area contributed by atoms with Gasteiger partial charge in [0.05, 0.1) is 0 Å². The fourth-order valence-corrected chi connectivity index (χ4v) is 12.4. The Morgan fingerprint density at radius 2 is 1.36 bits per heavy atom. The Morgan fingerprint density at radius 1 is 0.893 bits per heavy atom. The third-order valence-electron chi connectivity index (χ3n) is 7.11. The molecule has 0 aromatic rings. The summed E-state index contributed by atoms with van der Waals surface area (Å²) in [6, 6.07) is 0. The zero-order chi connectivity index (χ0) is 19.0. The van der Waals surface area contributed by atoms with Crippen LogP contribution in [-0.4, -0.2) is 17.0 Å². The molecule has 0 spiro atoms. The van der Waals surface area contributed by atoms with Gasteiger partial charge in [-0.05, 0) is 75.6 Å². The topological polar surface area (TPSA) is 12.4 Å². The second-order valence-corrected chi connectivity index (χ2v) is 12.7. The minimum Gasteiger partial charge on any atom is -0.271 e. The van der Waals surface area contributed by atoms with E-state index in [4.69, 9.17) is 4.74 Å². The predicted octanol–water partition coefficient (Wildman–Crippen LogP) is 8.61. The van der Waals surface area contributed by atoms with Crippen LogP contribution in [0.1, 0.15) is 90.4 Å². The first kappa shape index (κ1) is 24.2. The molecular weight excluding hydrogens is 393 g/mol. The molecule has 4 aliphatic carbocycles. The van der Waals surface area contributed by atoms with Gasteiger partial charge in [0.15, 0.2) is 0 Å². The molecular formula is C25H40NPTi. The molecule has 3 fully saturated rings. The number of hydrogen-bond donors (Lipinski definition) is 0. The van der Waals surface area contributed by atoms with E-state index < -0.39 is 7.05 Å². The maximum Gasteiger partial charge on any atom is 0.0425 e. The van der Waals surface area contributed by atoms with Crippen molar-refractivity contribution in [3.05, 3.63) is 48.7 Å². The molecule has 0 bridgehead atoms. The van der Waals surface area contributed by atoms with Gasteiger partial charge >= 0.3 is 0 Å². The molecule has 0 aliphatic heterocycles. The number of rotatable bonds is 5. The van der Waals surface area contributed by atoms with Crippen LogP contribution in [0.25, 0.3) is 0 Å². The quantitative estimate of drug-likeness (QED) is 0.234. The van der Waals surface area contributed by atoms with E-state index in [0.717, 1.165) is 23.4 Å². The molecule has 0 amide bonds. The Hall–Kier alpha value is -0.0957. The van der Waals surface area contributed by atoms with Gasteiger partial charge in [-0.2, -0.15) is 0 Å². The molecule has 3 heteroatoms. The van der Waals surface area contributed by atoms with Crippen LogP contribution in [0.15, 0.2) is 53.5 Å². The van der Waals surface area contributed by atoms with E-state index in [1.54, 1.807) is 6.08 Å². The van der Waals surface area contributed by atoms with Crippen LogP contribution < -0.4 is 0 Å². The van der Waals surface area contributed by atoms with E-state index >= 15 is 0 Å². The summed E-state index contributed by atoms with van der Waals surface area (Å²) >= 11 is 0. The molecule has 154 valence electrons. The third-order valence-corrected chi connectivity index (χ3v) is 12.8. The third kappa shape index (κ3) is 5.74. The van der Waals surface area contributed by atoms with Crippen LogP contribution in [0.5, 0.6) is 0 Å². The fraction of sp³-hybridized carbons (Fsp3) is 0.680. The Labute approximate surface area is 189 Å². The molecule has 0 radical (unpaired) electrons. The average Bonchev–Trinajstić information content (AvgIpc) is 3.50. The van der Waals surface area contributed by atoms with Crippen molar-refractivity contribution in [1.82, 2.24) is 0 Å². The summed E-state index contributed by atoms with van der Waals surface area (Å²) in [5, 5.41) is 0. The van der Waals surface area contributed by atoms with Crippen molar-refractivity contribution < 1.29 is 21.7 Å². The molecule has 0 unspecified atom stereocenters. The van der Waals surface area contributed by atoms with E-state index in [1.807, 2.05) is 19.1 Å². The summed E-state index contributed by atoms with van der Waals surface area (Å²) < 4.78 is 5.76. The Kier molecular flexibility index (Phi) is 10.8. The molecule has 1 nitrogen and oxygen atoms in total. The van der Waals surface area contributed by atoms with Gasteiger partial charge in [-0.1, -0.05) is 75.5 Å². The number of hydrogen-bond acceptors (Lipinski definition) is 1. The van der Waals surface area contributed by atoms with E-state index in [9.17, 15) is 0 Å². The Balaban J connectivity index is 0.000000420. The molecule has 0 aromatic carbocycles. The van der Waals surface area contributed by atoms with Crippen LogP contribution in [0.4, 0.5) is 0 Å². The smallest absolute Gasteiger partial charge is 0.0425 e. The molecule has 0 N–H and O–H groups in total. The van der Waals surface area contributed by atoms with Crippen LogP contribution in [0.3, 0.4) is 0 Å². The van der Waals surface area contributed by atoms with Gasteiger partial charge in [0.25, 0.3) is 0 Å². The second kappa shape index (κ2) is 12.6. The fourth-order valence-electron chi connectivity index (χ4n) is 5.96. The first-order chi connectivity index (χ1) is 13.3. The van der Waals surface area contributed by atoms with E-state index in [1.165, 1.54) is 82.7 Å². The molecule has 0 aromatic heterocycles. The summed E-state index contributed by atoms with van der Waals surface area (Å²) in [5.74, 6) is 0. The van der Waals surface area contributed by atoms with Crippen molar-refractivity contribution in [2.24, 2.45) is 4.74 Å². The minimum absolute atomic E-state index is 0. The molecule has 4 aliphatic rings. The standard InChI is InChI=1S/C20H32NP.C5H8.Ti/c1-2-10-17(9-1)21-22(18-11-3-4-12-18,19-13-5-6-14-19)20-15-7-8-16-20;1-3-5-4-2;/h1-2,9,18-20H,3-8,10-16H2;3-5H,1H2,2H3;. The van der Waals surface area contributed by atoms with E-state index in [2.05, 4.69) is 24.8 Å². The Bertz CT molecular complexity index is 565. The summed E-state index contributed by atoms with van der Waals surface area (Å²) in [6.07, 6.45) is 31.5. The number of nitrogens with zero attached hydrogens (tertiary/aromatic N) is 1. The first-order valence-electron chi connectivity index (χ1n) is 11.5. The maximum absolute atomic E-state index is 5.76. The van der Waals surface area contributed by atoms with Crippen molar-refractivity contribution in [2.45, 2.75) is 107 Å². The summed E-state index contributed by atoms with van der Waals surface area (Å²) in [4.78, 5) is 0.